The summed E-state index contributed by atoms with van der Waals surface area (Å²) in [5, 5.41) is 2.37. The summed E-state index contributed by atoms with van der Waals surface area (Å²) in [6, 6.07) is 15.0. The van der Waals surface area contributed by atoms with Gasteiger partial charge in [0.15, 0.2) is 18.3 Å². The molecule has 0 saturated carbocycles. The van der Waals surface area contributed by atoms with Gasteiger partial charge in [-0.1, -0.05) is 38.1 Å². The molecule has 0 aromatic heterocycles. The molecular weight excluding hydrogens is 390 g/mol. The number of benzene rings is 2. The summed E-state index contributed by atoms with van der Waals surface area (Å²) in [7, 11) is 0. The number of carbonyl (C=O) groups excluding carboxylic acids is 2. The maximum absolute atomic E-state index is 11.9. The van der Waals surface area contributed by atoms with Gasteiger partial charge in [-0.15, -0.1) is 0 Å². The Balaban J connectivity index is 1.63. The first-order valence-electron chi connectivity index (χ1n) is 9.32. The standard InChI is InChI=1S/C21H25N3O4S/c1-3-15-5-9-17(10-6-15)27-13-19(25)22-21(29)24-23-20(26)14-28-18-11-7-16(4-2)8-12-18/h5-12H,3-4,13-14H2,1-2H3,(H,23,26)(H2,22,24,25,29). The Morgan fingerprint density at radius 1 is 0.759 bits per heavy atom. The zero-order chi connectivity index (χ0) is 21.1. The predicted octanol–water partition coefficient (Wildman–Crippen LogP) is 2.29. The lowest BCUT2D eigenvalue weighted by Gasteiger charge is -2.12. The number of amides is 2. The number of carbonyl (C=O) groups is 2. The van der Waals surface area contributed by atoms with E-state index >= 15 is 0 Å². The number of aryl methyl sites for hydroxylation is 2. The third-order valence-electron chi connectivity index (χ3n) is 3.97. The lowest BCUT2D eigenvalue weighted by atomic mass is 10.2. The highest BCUT2D eigenvalue weighted by Crippen LogP contribution is 2.13. The molecule has 2 aromatic rings. The van der Waals surface area contributed by atoms with Crippen LogP contribution in [-0.2, 0) is 22.4 Å². The molecule has 0 unspecified atom stereocenters. The Hall–Kier alpha value is -3.13. The maximum atomic E-state index is 11.9. The van der Waals surface area contributed by atoms with Gasteiger partial charge >= 0.3 is 0 Å². The fourth-order valence-electron chi connectivity index (χ4n) is 2.30. The monoisotopic (exact) mass is 415 g/mol. The van der Waals surface area contributed by atoms with Gasteiger partial charge in [0.1, 0.15) is 11.5 Å². The summed E-state index contributed by atoms with van der Waals surface area (Å²) in [6.07, 6.45) is 1.87. The van der Waals surface area contributed by atoms with Crippen molar-refractivity contribution >= 4 is 29.1 Å². The summed E-state index contributed by atoms with van der Waals surface area (Å²) >= 11 is 4.96. The van der Waals surface area contributed by atoms with Crippen LogP contribution in [0.5, 0.6) is 11.5 Å². The number of rotatable bonds is 8. The quantitative estimate of drug-likeness (QED) is 0.453. The Morgan fingerprint density at radius 2 is 1.21 bits per heavy atom. The third kappa shape index (κ3) is 8.18. The summed E-state index contributed by atoms with van der Waals surface area (Å²) in [4.78, 5) is 23.7. The normalized spacial score (nSPS) is 10.0. The van der Waals surface area contributed by atoms with Gasteiger partial charge in [0.25, 0.3) is 11.8 Å². The molecule has 2 rings (SSSR count). The van der Waals surface area contributed by atoms with E-state index in [9.17, 15) is 9.59 Å². The average Bonchev–Trinajstić information content (AvgIpc) is 2.75. The van der Waals surface area contributed by atoms with E-state index in [1.54, 1.807) is 24.3 Å². The molecule has 0 bridgehead atoms. The van der Waals surface area contributed by atoms with Crippen LogP contribution in [0.1, 0.15) is 25.0 Å². The first-order chi connectivity index (χ1) is 14.0. The Kier molecular flexibility index (Phi) is 8.91. The van der Waals surface area contributed by atoms with Crippen LogP contribution in [-0.4, -0.2) is 30.1 Å². The molecule has 0 spiro atoms. The van der Waals surface area contributed by atoms with Crippen molar-refractivity contribution in [1.29, 1.82) is 0 Å². The Morgan fingerprint density at radius 3 is 1.66 bits per heavy atom. The van der Waals surface area contributed by atoms with Gasteiger partial charge in [0.05, 0.1) is 0 Å². The number of ether oxygens (including phenoxy) is 2. The zero-order valence-corrected chi connectivity index (χ0v) is 17.3. The van der Waals surface area contributed by atoms with Crippen molar-refractivity contribution < 1.29 is 19.1 Å². The summed E-state index contributed by atoms with van der Waals surface area (Å²) < 4.78 is 10.8. The van der Waals surface area contributed by atoms with Crippen LogP contribution in [0.3, 0.4) is 0 Å². The van der Waals surface area contributed by atoms with Crippen LogP contribution >= 0.6 is 12.2 Å². The molecule has 7 nitrogen and oxygen atoms in total. The van der Waals surface area contributed by atoms with Gasteiger partial charge in [-0.05, 0) is 60.5 Å². The first-order valence-corrected chi connectivity index (χ1v) is 9.73. The molecule has 2 aromatic carbocycles. The highest BCUT2D eigenvalue weighted by molar-refractivity contribution is 7.80. The van der Waals surface area contributed by atoms with Crippen molar-refractivity contribution in [1.82, 2.24) is 16.2 Å². The lowest BCUT2D eigenvalue weighted by molar-refractivity contribution is -0.124. The Bertz CT molecular complexity index is 823. The fourth-order valence-corrected chi connectivity index (χ4v) is 2.46. The van der Waals surface area contributed by atoms with Gasteiger partial charge in [-0.3, -0.25) is 25.8 Å². The molecule has 0 heterocycles. The van der Waals surface area contributed by atoms with Crippen molar-refractivity contribution in [2.24, 2.45) is 0 Å². The molecule has 0 aliphatic rings. The average molecular weight is 416 g/mol. The van der Waals surface area contributed by atoms with Crippen molar-refractivity contribution in [3.63, 3.8) is 0 Å². The zero-order valence-electron chi connectivity index (χ0n) is 16.5. The van der Waals surface area contributed by atoms with Crippen LogP contribution in [0.2, 0.25) is 0 Å². The van der Waals surface area contributed by atoms with Gasteiger partial charge in [0.2, 0.25) is 0 Å². The molecule has 29 heavy (non-hydrogen) atoms. The van der Waals surface area contributed by atoms with Crippen LogP contribution < -0.4 is 25.6 Å². The van der Waals surface area contributed by atoms with Gasteiger partial charge in [-0.25, -0.2) is 0 Å². The molecule has 2 amide bonds. The second-order valence-corrected chi connectivity index (χ2v) is 6.53. The third-order valence-corrected chi connectivity index (χ3v) is 4.18. The van der Waals surface area contributed by atoms with E-state index in [2.05, 4.69) is 30.0 Å². The van der Waals surface area contributed by atoms with Crippen LogP contribution in [0.25, 0.3) is 0 Å². The van der Waals surface area contributed by atoms with E-state index in [4.69, 9.17) is 21.7 Å². The van der Waals surface area contributed by atoms with Crippen LogP contribution in [0.4, 0.5) is 0 Å². The number of hydrogen-bond acceptors (Lipinski definition) is 5. The SMILES string of the molecule is CCc1ccc(OCC(=O)NNC(=S)NC(=O)COc2ccc(CC)cc2)cc1. The van der Waals surface area contributed by atoms with E-state index in [0.717, 1.165) is 12.8 Å². The fraction of sp³-hybridized carbons (Fsp3) is 0.286. The molecule has 154 valence electrons. The van der Waals surface area contributed by atoms with Crippen LogP contribution in [0, 0.1) is 0 Å². The highest BCUT2D eigenvalue weighted by atomic mass is 32.1. The number of thiocarbonyl (C=S) groups is 1. The molecule has 3 N–H and O–H groups in total. The molecule has 0 aliphatic heterocycles. The van der Waals surface area contributed by atoms with Crippen molar-refractivity contribution in [3.05, 3.63) is 59.7 Å². The summed E-state index contributed by atoms with van der Waals surface area (Å²) in [5.74, 6) is 0.308. The number of hydrazine groups is 1. The molecule has 0 aliphatic carbocycles. The molecule has 0 atom stereocenters. The molecular formula is C21H25N3O4S. The molecule has 0 fully saturated rings. The van der Waals surface area contributed by atoms with Crippen molar-refractivity contribution in [2.45, 2.75) is 26.7 Å². The molecule has 0 saturated heterocycles. The number of nitrogens with one attached hydrogen (secondary N) is 3. The van der Waals surface area contributed by atoms with E-state index in [0.29, 0.717) is 11.5 Å². The summed E-state index contributed by atoms with van der Waals surface area (Å²) in [6.45, 7) is 3.74. The van der Waals surface area contributed by atoms with Gasteiger partial charge in [-0.2, -0.15) is 0 Å². The highest BCUT2D eigenvalue weighted by Gasteiger charge is 2.08. The second kappa shape index (κ2) is 11.7. The number of hydrogen-bond donors (Lipinski definition) is 3. The van der Waals surface area contributed by atoms with Crippen molar-refractivity contribution in [3.8, 4) is 11.5 Å². The minimum absolute atomic E-state index is 0.0411. The van der Waals surface area contributed by atoms with E-state index < -0.39 is 11.8 Å². The molecule has 8 heteroatoms. The van der Waals surface area contributed by atoms with E-state index in [1.165, 1.54) is 11.1 Å². The summed E-state index contributed by atoms with van der Waals surface area (Å²) in [5.41, 5.74) is 7.17. The minimum atomic E-state index is -0.441. The Labute approximate surface area is 175 Å². The predicted molar refractivity (Wildman–Crippen MR) is 115 cm³/mol. The van der Waals surface area contributed by atoms with E-state index in [-0.39, 0.29) is 18.3 Å². The second-order valence-electron chi connectivity index (χ2n) is 6.12. The van der Waals surface area contributed by atoms with Crippen LogP contribution in [0.15, 0.2) is 48.5 Å². The van der Waals surface area contributed by atoms with Gasteiger partial charge in [0, 0.05) is 0 Å². The smallest absolute Gasteiger partial charge is 0.276 e. The maximum Gasteiger partial charge on any atom is 0.276 e. The first kappa shape index (κ1) is 22.2. The topological polar surface area (TPSA) is 88.7 Å². The largest absolute Gasteiger partial charge is 0.484 e. The van der Waals surface area contributed by atoms with E-state index in [1.807, 2.05) is 24.3 Å². The van der Waals surface area contributed by atoms with Crippen molar-refractivity contribution in [2.75, 3.05) is 13.2 Å². The van der Waals surface area contributed by atoms with Gasteiger partial charge < -0.3 is 9.47 Å². The minimum Gasteiger partial charge on any atom is -0.484 e. The lowest BCUT2D eigenvalue weighted by Crippen LogP contribution is -2.50. The molecule has 0 radical (unpaired) electrons.